The monoisotopic (exact) mass is 387 g/mol. The highest BCUT2D eigenvalue weighted by Gasteiger charge is 2.28. The van der Waals surface area contributed by atoms with Crippen molar-refractivity contribution >= 4 is 17.8 Å². The molecule has 1 saturated heterocycles. The number of rotatable bonds is 6. The maximum atomic E-state index is 12.5. The van der Waals surface area contributed by atoms with Gasteiger partial charge in [-0.05, 0) is 44.9 Å². The topological polar surface area (TPSA) is 108 Å². The molecule has 1 fully saturated rings. The van der Waals surface area contributed by atoms with Gasteiger partial charge in [-0.25, -0.2) is 4.79 Å². The molecule has 1 aliphatic heterocycles. The Labute approximate surface area is 163 Å². The first-order chi connectivity index (χ1) is 13.4. The number of hydrogen-bond donors (Lipinski definition) is 1. The zero-order chi connectivity index (χ0) is 20.3. The number of aryl methyl sites for hydroxylation is 1. The molecule has 3 rings (SSSR count). The first kappa shape index (κ1) is 19.7. The van der Waals surface area contributed by atoms with Gasteiger partial charge in [0.2, 0.25) is 5.91 Å². The van der Waals surface area contributed by atoms with Crippen molar-refractivity contribution in [3.8, 4) is 0 Å². The summed E-state index contributed by atoms with van der Waals surface area (Å²) >= 11 is 0. The zero-order valence-corrected chi connectivity index (χ0v) is 16.1. The third-order valence-electron chi connectivity index (χ3n) is 5.19. The molecule has 28 heavy (non-hydrogen) atoms. The van der Waals surface area contributed by atoms with Crippen LogP contribution in [0.5, 0.6) is 0 Å². The molecule has 1 aliphatic rings. The van der Waals surface area contributed by atoms with Crippen LogP contribution in [0.2, 0.25) is 0 Å². The second-order valence-corrected chi connectivity index (χ2v) is 7.11. The average molecular weight is 387 g/mol. The summed E-state index contributed by atoms with van der Waals surface area (Å²) in [4.78, 5) is 37.7. The van der Waals surface area contributed by atoms with Crippen LogP contribution in [-0.4, -0.2) is 46.9 Å². The molecule has 3 heterocycles. The molecule has 8 heteroatoms. The van der Waals surface area contributed by atoms with Crippen LogP contribution in [0.25, 0.3) is 0 Å². The Balaban J connectivity index is 1.60. The van der Waals surface area contributed by atoms with Crippen molar-refractivity contribution in [2.45, 2.75) is 33.2 Å². The summed E-state index contributed by atoms with van der Waals surface area (Å²) in [5.41, 5.74) is 7.40. The number of carbonyl (C=O) groups is 3. The summed E-state index contributed by atoms with van der Waals surface area (Å²) in [6.07, 6.45) is 3.00. The molecule has 2 aromatic heterocycles. The highest BCUT2D eigenvalue weighted by molar-refractivity contribution is 5.93. The predicted molar refractivity (Wildman–Crippen MR) is 100 cm³/mol. The number of piperidine rings is 1. The van der Waals surface area contributed by atoms with Gasteiger partial charge in [0.1, 0.15) is 5.76 Å². The SMILES string of the molecule is Cc1cc(C(=O)OCC(=O)N2CCC[C@H](C(N)=O)C2)c(C)n1Cc1ccco1. The number of ether oxygens (including phenoxy) is 1. The minimum absolute atomic E-state index is 0.281. The molecule has 0 saturated carbocycles. The number of amides is 2. The van der Waals surface area contributed by atoms with Crippen LogP contribution in [0.3, 0.4) is 0 Å². The fourth-order valence-corrected chi connectivity index (χ4v) is 3.54. The second kappa shape index (κ2) is 8.33. The normalized spacial score (nSPS) is 16.8. The van der Waals surface area contributed by atoms with E-state index in [2.05, 4.69) is 0 Å². The van der Waals surface area contributed by atoms with E-state index in [1.807, 2.05) is 30.5 Å². The number of esters is 1. The van der Waals surface area contributed by atoms with E-state index in [1.54, 1.807) is 12.3 Å². The molecule has 2 aromatic rings. The summed E-state index contributed by atoms with van der Waals surface area (Å²) in [5.74, 6) is -0.822. The summed E-state index contributed by atoms with van der Waals surface area (Å²) in [5, 5.41) is 0. The Hall–Kier alpha value is -3.03. The molecule has 0 aliphatic carbocycles. The fraction of sp³-hybridized carbons (Fsp3) is 0.450. The molecule has 2 N–H and O–H groups in total. The maximum Gasteiger partial charge on any atom is 0.340 e. The van der Waals surface area contributed by atoms with Gasteiger partial charge in [-0.3, -0.25) is 9.59 Å². The smallest absolute Gasteiger partial charge is 0.340 e. The number of aromatic nitrogens is 1. The van der Waals surface area contributed by atoms with Crippen molar-refractivity contribution in [2.75, 3.05) is 19.7 Å². The van der Waals surface area contributed by atoms with Crippen molar-refractivity contribution in [2.24, 2.45) is 11.7 Å². The van der Waals surface area contributed by atoms with Crippen molar-refractivity contribution in [1.82, 2.24) is 9.47 Å². The van der Waals surface area contributed by atoms with Crippen LogP contribution in [0.1, 0.15) is 40.3 Å². The highest BCUT2D eigenvalue weighted by atomic mass is 16.5. The number of nitrogens with zero attached hydrogens (tertiary/aromatic N) is 2. The van der Waals surface area contributed by atoms with Gasteiger partial charge in [0, 0.05) is 24.5 Å². The van der Waals surface area contributed by atoms with Gasteiger partial charge >= 0.3 is 5.97 Å². The van der Waals surface area contributed by atoms with E-state index in [4.69, 9.17) is 14.9 Å². The lowest BCUT2D eigenvalue weighted by atomic mass is 9.97. The van der Waals surface area contributed by atoms with Crippen molar-refractivity contribution in [3.05, 3.63) is 47.2 Å². The lowest BCUT2D eigenvalue weighted by Crippen LogP contribution is -2.45. The molecule has 0 bridgehead atoms. The van der Waals surface area contributed by atoms with Gasteiger partial charge in [-0.2, -0.15) is 0 Å². The number of hydrogen-bond acceptors (Lipinski definition) is 5. The number of carbonyl (C=O) groups excluding carboxylic acids is 3. The quantitative estimate of drug-likeness (QED) is 0.758. The Morgan fingerprint density at radius 2 is 2.11 bits per heavy atom. The molecule has 0 aromatic carbocycles. The fourth-order valence-electron chi connectivity index (χ4n) is 3.54. The molecular weight excluding hydrogens is 362 g/mol. The van der Waals surface area contributed by atoms with E-state index in [0.717, 1.165) is 17.1 Å². The van der Waals surface area contributed by atoms with Crippen LogP contribution < -0.4 is 5.73 Å². The van der Waals surface area contributed by atoms with E-state index in [1.165, 1.54) is 4.90 Å². The van der Waals surface area contributed by atoms with Crippen molar-refractivity contribution in [3.63, 3.8) is 0 Å². The Bertz CT molecular complexity index is 869. The average Bonchev–Trinajstić information content (AvgIpc) is 3.29. The van der Waals surface area contributed by atoms with Gasteiger partial charge in [-0.15, -0.1) is 0 Å². The van der Waals surface area contributed by atoms with Gasteiger partial charge in [0.05, 0.1) is 24.3 Å². The van der Waals surface area contributed by atoms with Crippen LogP contribution in [0, 0.1) is 19.8 Å². The van der Waals surface area contributed by atoms with Crippen molar-refractivity contribution < 1.29 is 23.5 Å². The summed E-state index contributed by atoms with van der Waals surface area (Å²) in [6, 6.07) is 5.43. The maximum absolute atomic E-state index is 12.5. The zero-order valence-electron chi connectivity index (χ0n) is 16.1. The molecule has 0 unspecified atom stereocenters. The molecule has 8 nitrogen and oxygen atoms in total. The molecule has 0 spiro atoms. The summed E-state index contributed by atoms with van der Waals surface area (Å²) < 4.78 is 12.6. The number of nitrogens with two attached hydrogens (primary N) is 1. The largest absolute Gasteiger partial charge is 0.467 e. The van der Waals surface area contributed by atoms with E-state index < -0.39 is 11.9 Å². The first-order valence-corrected chi connectivity index (χ1v) is 9.30. The lowest BCUT2D eigenvalue weighted by molar-refractivity contribution is -0.137. The Morgan fingerprint density at radius 1 is 1.32 bits per heavy atom. The van der Waals surface area contributed by atoms with Gasteiger partial charge < -0.3 is 24.4 Å². The van der Waals surface area contributed by atoms with E-state index in [-0.39, 0.29) is 25.0 Å². The highest BCUT2D eigenvalue weighted by Crippen LogP contribution is 2.19. The van der Waals surface area contributed by atoms with Gasteiger partial charge in [0.15, 0.2) is 6.61 Å². The predicted octanol–water partition coefficient (Wildman–Crippen LogP) is 1.63. The lowest BCUT2D eigenvalue weighted by Gasteiger charge is -2.31. The van der Waals surface area contributed by atoms with E-state index in [0.29, 0.717) is 31.5 Å². The third kappa shape index (κ3) is 4.27. The van der Waals surface area contributed by atoms with Crippen LogP contribution in [0.15, 0.2) is 28.9 Å². The molecule has 150 valence electrons. The molecule has 1 atom stereocenters. The van der Waals surface area contributed by atoms with E-state index >= 15 is 0 Å². The minimum atomic E-state index is -0.546. The Morgan fingerprint density at radius 3 is 2.79 bits per heavy atom. The van der Waals surface area contributed by atoms with Crippen LogP contribution in [0.4, 0.5) is 0 Å². The summed E-state index contributed by atoms with van der Waals surface area (Å²) in [6.45, 7) is 4.71. The van der Waals surface area contributed by atoms with Crippen molar-refractivity contribution in [1.29, 1.82) is 0 Å². The molecule has 0 radical (unpaired) electrons. The summed E-state index contributed by atoms with van der Waals surface area (Å²) in [7, 11) is 0. The number of primary amides is 1. The minimum Gasteiger partial charge on any atom is -0.467 e. The first-order valence-electron chi connectivity index (χ1n) is 9.30. The van der Waals surface area contributed by atoms with Crippen LogP contribution >= 0.6 is 0 Å². The van der Waals surface area contributed by atoms with Gasteiger partial charge in [-0.1, -0.05) is 0 Å². The van der Waals surface area contributed by atoms with Gasteiger partial charge in [0.25, 0.3) is 5.91 Å². The third-order valence-corrected chi connectivity index (χ3v) is 5.19. The van der Waals surface area contributed by atoms with Crippen LogP contribution in [-0.2, 0) is 20.9 Å². The Kier molecular flexibility index (Phi) is 5.87. The standard InChI is InChI=1S/C20H25N3O5/c1-13-9-17(14(2)23(13)11-16-6-4-8-27-16)20(26)28-12-18(24)22-7-3-5-15(10-22)19(21)25/h4,6,8-9,15H,3,5,7,10-12H2,1-2H3,(H2,21,25)/t15-/m0/s1. The molecule has 2 amide bonds. The molecular formula is C20H25N3O5. The number of furan rings is 1. The number of likely N-dealkylation sites (tertiary alicyclic amines) is 1. The second-order valence-electron chi connectivity index (χ2n) is 7.11. The van der Waals surface area contributed by atoms with E-state index in [9.17, 15) is 14.4 Å².